The highest BCUT2D eigenvalue weighted by molar-refractivity contribution is 14.1. The van der Waals surface area contributed by atoms with Crippen molar-refractivity contribution < 1.29 is 0 Å². The SMILES string of the molecule is Cc1cccc(C(NN)c2cc(Cl)ccc2I)c1C. The summed E-state index contributed by atoms with van der Waals surface area (Å²) >= 11 is 8.41. The van der Waals surface area contributed by atoms with Crippen LogP contribution in [-0.2, 0) is 0 Å². The summed E-state index contributed by atoms with van der Waals surface area (Å²) in [7, 11) is 0. The molecule has 3 N–H and O–H groups in total. The fraction of sp³-hybridized carbons (Fsp3) is 0.200. The van der Waals surface area contributed by atoms with Gasteiger partial charge in [0.05, 0.1) is 6.04 Å². The van der Waals surface area contributed by atoms with Gasteiger partial charge in [-0.2, -0.15) is 0 Å². The maximum Gasteiger partial charge on any atom is 0.0723 e. The Bertz CT molecular complexity index is 597. The number of nitrogens with two attached hydrogens (primary N) is 1. The molecular formula is C15H16ClIN2. The van der Waals surface area contributed by atoms with Crippen LogP contribution in [0.3, 0.4) is 0 Å². The maximum absolute atomic E-state index is 6.10. The van der Waals surface area contributed by atoms with Crippen LogP contribution in [0.4, 0.5) is 0 Å². The van der Waals surface area contributed by atoms with Crippen molar-refractivity contribution in [3.8, 4) is 0 Å². The summed E-state index contributed by atoms with van der Waals surface area (Å²) in [6, 6.07) is 12.1. The lowest BCUT2D eigenvalue weighted by Gasteiger charge is -2.21. The van der Waals surface area contributed by atoms with Crippen LogP contribution in [-0.4, -0.2) is 0 Å². The van der Waals surface area contributed by atoms with E-state index in [9.17, 15) is 0 Å². The topological polar surface area (TPSA) is 38.0 Å². The number of benzene rings is 2. The molecule has 0 aromatic heterocycles. The summed E-state index contributed by atoms with van der Waals surface area (Å²) in [5.41, 5.74) is 7.70. The van der Waals surface area contributed by atoms with Crippen LogP contribution in [0.15, 0.2) is 36.4 Å². The molecule has 0 heterocycles. The Morgan fingerprint density at radius 3 is 2.58 bits per heavy atom. The van der Waals surface area contributed by atoms with Gasteiger partial charge in [-0.3, -0.25) is 5.84 Å². The molecule has 1 atom stereocenters. The third-order valence-corrected chi connectivity index (χ3v) is 4.61. The molecule has 2 aromatic carbocycles. The number of nitrogens with one attached hydrogen (secondary N) is 1. The molecular weight excluding hydrogens is 371 g/mol. The Hall–Kier alpha value is -0.620. The first-order chi connectivity index (χ1) is 9.04. The predicted molar refractivity (Wildman–Crippen MR) is 89.3 cm³/mol. The monoisotopic (exact) mass is 386 g/mol. The van der Waals surface area contributed by atoms with Gasteiger partial charge >= 0.3 is 0 Å². The lowest BCUT2D eigenvalue weighted by Crippen LogP contribution is -2.30. The largest absolute Gasteiger partial charge is 0.271 e. The molecule has 100 valence electrons. The second-order valence-corrected chi connectivity index (χ2v) is 6.15. The molecule has 2 rings (SSSR count). The molecule has 0 spiro atoms. The van der Waals surface area contributed by atoms with E-state index < -0.39 is 0 Å². The fourth-order valence-electron chi connectivity index (χ4n) is 2.17. The Kier molecular flexibility index (Phi) is 4.84. The van der Waals surface area contributed by atoms with Gasteiger partial charge in [-0.05, 0) is 76.9 Å². The van der Waals surface area contributed by atoms with Crippen LogP contribution >= 0.6 is 34.2 Å². The van der Waals surface area contributed by atoms with Crippen LogP contribution in [0.5, 0.6) is 0 Å². The summed E-state index contributed by atoms with van der Waals surface area (Å²) < 4.78 is 1.14. The first kappa shape index (κ1) is 14.8. The Balaban J connectivity index is 2.56. The molecule has 0 aliphatic rings. The highest BCUT2D eigenvalue weighted by atomic mass is 127. The normalized spacial score (nSPS) is 12.5. The molecule has 19 heavy (non-hydrogen) atoms. The van der Waals surface area contributed by atoms with E-state index in [0.29, 0.717) is 0 Å². The number of halogens is 2. The Morgan fingerprint density at radius 1 is 1.16 bits per heavy atom. The molecule has 0 bridgehead atoms. The predicted octanol–water partition coefficient (Wildman–Crippen LogP) is 4.11. The van der Waals surface area contributed by atoms with Crippen molar-refractivity contribution in [3.05, 3.63) is 67.2 Å². The quantitative estimate of drug-likeness (QED) is 0.473. The minimum absolute atomic E-state index is 0.0505. The van der Waals surface area contributed by atoms with Crippen molar-refractivity contribution in [1.82, 2.24) is 5.43 Å². The average molecular weight is 387 g/mol. The van der Waals surface area contributed by atoms with E-state index in [0.717, 1.165) is 14.2 Å². The van der Waals surface area contributed by atoms with Gasteiger partial charge in [0.2, 0.25) is 0 Å². The van der Waals surface area contributed by atoms with Crippen LogP contribution < -0.4 is 11.3 Å². The molecule has 0 fully saturated rings. The van der Waals surface area contributed by atoms with Gasteiger partial charge in [0.15, 0.2) is 0 Å². The number of rotatable bonds is 3. The van der Waals surface area contributed by atoms with Gasteiger partial charge in [0.1, 0.15) is 0 Å². The number of hydrogen-bond acceptors (Lipinski definition) is 2. The van der Waals surface area contributed by atoms with E-state index >= 15 is 0 Å². The molecule has 0 amide bonds. The first-order valence-corrected chi connectivity index (χ1v) is 7.47. The van der Waals surface area contributed by atoms with Gasteiger partial charge in [-0.15, -0.1) is 0 Å². The molecule has 2 nitrogen and oxygen atoms in total. The van der Waals surface area contributed by atoms with E-state index in [-0.39, 0.29) is 6.04 Å². The molecule has 0 saturated carbocycles. The molecule has 0 radical (unpaired) electrons. The van der Waals surface area contributed by atoms with Gasteiger partial charge in [0.25, 0.3) is 0 Å². The molecule has 0 saturated heterocycles. The summed E-state index contributed by atoms with van der Waals surface area (Å²) in [4.78, 5) is 0. The fourth-order valence-corrected chi connectivity index (χ4v) is 3.00. The number of aryl methyl sites for hydroxylation is 1. The standard InChI is InChI=1S/C15H16ClIN2/c1-9-4-3-5-12(10(9)2)15(19-18)13-8-11(16)6-7-14(13)17/h3-8,15,19H,18H2,1-2H3. The zero-order chi connectivity index (χ0) is 14.0. The molecule has 1 unspecified atom stereocenters. The van der Waals surface area contributed by atoms with Crippen molar-refractivity contribution in [2.24, 2.45) is 5.84 Å². The highest BCUT2D eigenvalue weighted by Crippen LogP contribution is 2.30. The first-order valence-electron chi connectivity index (χ1n) is 6.01. The summed E-state index contributed by atoms with van der Waals surface area (Å²) in [6.07, 6.45) is 0. The minimum atomic E-state index is -0.0505. The minimum Gasteiger partial charge on any atom is -0.271 e. The van der Waals surface area contributed by atoms with Crippen molar-refractivity contribution in [1.29, 1.82) is 0 Å². The second-order valence-electron chi connectivity index (χ2n) is 4.55. The average Bonchev–Trinajstić information content (AvgIpc) is 2.39. The van der Waals surface area contributed by atoms with Crippen molar-refractivity contribution in [2.45, 2.75) is 19.9 Å². The van der Waals surface area contributed by atoms with Crippen LogP contribution in [0, 0.1) is 17.4 Å². The number of hydrogen-bond donors (Lipinski definition) is 2. The summed E-state index contributed by atoms with van der Waals surface area (Å²) in [5.74, 6) is 5.78. The lowest BCUT2D eigenvalue weighted by molar-refractivity contribution is 0.630. The van der Waals surface area contributed by atoms with Crippen LogP contribution in [0.2, 0.25) is 5.02 Å². The van der Waals surface area contributed by atoms with E-state index in [1.807, 2.05) is 18.2 Å². The lowest BCUT2D eigenvalue weighted by atomic mass is 9.93. The Morgan fingerprint density at radius 2 is 1.89 bits per heavy atom. The van der Waals surface area contributed by atoms with E-state index in [4.69, 9.17) is 17.4 Å². The highest BCUT2D eigenvalue weighted by Gasteiger charge is 2.18. The summed E-state index contributed by atoms with van der Waals surface area (Å²) in [5, 5.41) is 0.723. The zero-order valence-corrected chi connectivity index (χ0v) is 13.8. The smallest absolute Gasteiger partial charge is 0.0723 e. The van der Waals surface area contributed by atoms with E-state index in [2.05, 4.69) is 60.1 Å². The van der Waals surface area contributed by atoms with Gasteiger partial charge < -0.3 is 0 Å². The maximum atomic E-state index is 6.10. The third kappa shape index (κ3) is 3.11. The van der Waals surface area contributed by atoms with Gasteiger partial charge in [0, 0.05) is 8.59 Å². The molecule has 0 aliphatic heterocycles. The van der Waals surface area contributed by atoms with Crippen molar-refractivity contribution >= 4 is 34.2 Å². The van der Waals surface area contributed by atoms with Gasteiger partial charge in [-0.1, -0.05) is 29.8 Å². The van der Waals surface area contributed by atoms with E-state index in [1.54, 1.807) is 0 Å². The molecule has 2 aromatic rings. The number of hydrazine groups is 1. The van der Waals surface area contributed by atoms with Gasteiger partial charge in [-0.25, -0.2) is 5.43 Å². The second kappa shape index (κ2) is 6.22. The van der Waals surface area contributed by atoms with Crippen molar-refractivity contribution in [2.75, 3.05) is 0 Å². The van der Waals surface area contributed by atoms with Crippen LogP contribution in [0.25, 0.3) is 0 Å². The van der Waals surface area contributed by atoms with Crippen LogP contribution in [0.1, 0.15) is 28.3 Å². The Labute approximate surface area is 132 Å². The third-order valence-electron chi connectivity index (χ3n) is 3.39. The van der Waals surface area contributed by atoms with E-state index in [1.165, 1.54) is 16.7 Å². The molecule has 4 heteroatoms. The summed E-state index contributed by atoms with van der Waals surface area (Å²) in [6.45, 7) is 4.22. The molecule has 0 aliphatic carbocycles. The zero-order valence-electron chi connectivity index (χ0n) is 10.9. The van der Waals surface area contributed by atoms with Crippen molar-refractivity contribution in [3.63, 3.8) is 0 Å².